The number of nitrogens with zero attached hydrogens (tertiary/aromatic N) is 6. The summed E-state index contributed by atoms with van der Waals surface area (Å²) in [5.41, 5.74) is 0. The molecule has 0 spiro atoms. The first kappa shape index (κ1) is 20.1. The molecule has 1 aliphatic heterocycles. The first-order valence-corrected chi connectivity index (χ1v) is 10.8. The standard InChI is InChI=1S/C19H22N6O4S/c1-28-16-4-3-15(13-17(16)29-2)30(26,27)25-11-9-23(10-12-25)18-5-6-19(22-21-18)24-8-7-20-14-24/h3-8,13-14H,9-12H2,1-2H3. The van der Waals surface area contributed by atoms with Crippen LogP contribution >= 0.6 is 0 Å². The van der Waals surface area contributed by atoms with Gasteiger partial charge in [0.2, 0.25) is 10.0 Å². The SMILES string of the molecule is COc1ccc(S(=O)(=O)N2CCN(c3ccc(-n4ccnc4)nn3)CC2)cc1OC. The van der Waals surface area contributed by atoms with E-state index < -0.39 is 10.0 Å². The summed E-state index contributed by atoms with van der Waals surface area (Å²) in [5.74, 6) is 2.25. The number of benzene rings is 1. The van der Waals surface area contributed by atoms with Crippen molar-refractivity contribution in [1.82, 2.24) is 24.1 Å². The lowest BCUT2D eigenvalue weighted by atomic mass is 10.3. The van der Waals surface area contributed by atoms with Gasteiger partial charge in [0.25, 0.3) is 0 Å². The molecule has 10 nitrogen and oxygen atoms in total. The fourth-order valence-electron chi connectivity index (χ4n) is 3.30. The fraction of sp³-hybridized carbons (Fsp3) is 0.316. The van der Waals surface area contributed by atoms with Crippen molar-refractivity contribution < 1.29 is 17.9 Å². The predicted octanol–water partition coefficient (Wildman–Crippen LogP) is 1.19. The molecule has 1 fully saturated rings. The van der Waals surface area contributed by atoms with E-state index in [0.717, 1.165) is 0 Å². The van der Waals surface area contributed by atoms with E-state index >= 15 is 0 Å². The molecule has 11 heteroatoms. The number of hydrogen-bond donors (Lipinski definition) is 0. The van der Waals surface area contributed by atoms with Crippen LogP contribution in [0.4, 0.5) is 5.82 Å². The maximum Gasteiger partial charge on any atom is 0.243 e. The van der Waals surface area contributed by atoms with Crippen LogP contribution in [-0.4, -0.2) is 72.9 Å². The predicted molar refractivity (Wildman–Crippen MR) is 110 cm³/mol. The molecular formula is C19H22N6O4S. The Labute approximate surface area is 174 Å². The topological polar surface area (TPSA) is 103 Å². The molecule has 3 aromatic rings. The Morgan fingerprint density at radius 2 is 1.60 bits per heavy atom. The molecule has 0 atom stereocenters. The van der Waals surface area contributed by atoms with Crippen LogP contribution in [0.5, 0.6) is 11.5 Å². The molecule has 2 aromatic heterocycles. The molecule has 0 N–H and O–H groups in total. The lowest BCUT2D eigenvalue weighted by Gasteiger charge is -2.34. The minimum absolute atomic E-state index is 0.179. The Morgan fingerprint density at radius 3 is 2.20 bits per heavy atom. The van der Waals surface area contributed by atoms with Crippen LogP contribution in [0.15, 0.2) is 53.9 Å². The van der Waals surface area contributed by atoms with Crippen LogP contribution in [0.25, 0.3) is 5.82 Å². The second-order valence-corrected chi connectivity index (χ2v) is 8.57. The second-order valence-electron chi connectivity index (χ2n) is 6.63. The highest BCUT2D eigenvalue weighted by Crippen LogP contribution is 2.31. The van der Waals surface area contributed by atoms with E-state index in [-0.39, 0.29) is 4.90 Å². The Morgan fingerprint density at radius 1 is 0.900 bits per heavy atom. The minimum atomic E-state index is -3.64. The second kappa shape index (κ2) is 8.28. The summed E-state index contributed by atoms with van der Waals surface area (Å²) < 4.78 is 39.8. The number of hydrogen-bond acceptors (Lipinski definition) is 8. The van der Waals surface area contributed by atoms with Crippen LogP contribution in [0, 0.1) is 0 Å². The molecule has 3 heterocycles. The van der Waals surface area contributed by atoms with Gasteiger partial charge in [-0.15, -0.1) is 10.2 Å². The normalized spacial score (nSPS) is 15.2. The van der Waals surface area contributed by atoms with E-state index in [9.17, 15) is 8.42 Å². The van der Waals surface area contributed by atoms with Gasteiger partial charge in [0.1, 0.15) is 6.33 Å². The van der Waals surface area contributed by atoms with Crippen molar-refractivity contribution in [3.8, 4) is 17.3 Å². The number of aromatic nitrogens is 4. The third kappa shape index (κ3) is 3.81. The lowest BCUT2D eigenvalue weighted by molar-refractivity contribution is 0.353. The van der Waals surface area contributed by atoms with Gasteiger partial charge in [0, 0.05) is 44.6 Å². The molecule has 1 saturated heterocycles. The monoisotopic (exact) mass is 430 g/mol. The molecule has 158 valence electrons. The van der Waals surface area contributed by atoms with Gasteiger partial charge in [-0.25, -0.2) is 13.4 Å². The van der Waals surface area contributed by atoms with Crippen LogP contribution in [0.2, 0.25) is 0 Å². The van der Waals surface area contributed by atoms with E-state index in [1.807, 2.05) is 17.0 Å². The van der Waals surface area contributed by atoms with Crippen molar-refractivity contribution in [3.63, 3.8) is 0 Å². The number of anilines is 1. The smallest absolute Gasteiger partial charge is 0.243 e. The summed E-state index contributed by atoms with van der Waals surface area (Å²) in [6.07, 6.45) is 5.12. The van der Waals surface area contributed by atoms with E-state index in [1.54, 1.807) is 29.4 Å². The van der Waals surface area contributed by atoms with Gasteiger partial charge < -0.3 is 14.4 Å². The Hall–Kier alpha value is -3.18. The molecule has 0 unspecified atom stereocenters. The molecule has 0 amide bonds. The third-order valence-corrected chi connectivity index (χ3v) is 6.86. The van der Waals surface area contributed by atoms with Crippen molar-refractivity contribution in [3.05, 3.63) is 49.1 Å². The van der Waals surface area contributed by atoms with Crippen molar-refractivity contribution in [1.29, 1.82) is 0 Å². The summed E-state index contributed by atoms with van der Waals surface area (Å²) in [5, 5.41) is 8.50. The maximum absolute atomic E-state index is 13.0. The van der Waals surface area contributed by atoms with Gasteiger partial charge in [-0.05, 0) is 24.3 Å². The minimum Gasteiger partial charge on any atom is -0.493 e. The van der Waals surface area contributed by atoms with E-state index in [4.69, 9.17) is 9.47 Å². The van der Waals surface area contributed by atoms with Crippen molar-refractivity contribution in [2.45, 2.75) is 4.90 Å². The molecule has 30 heavy (non-hydrogen) atoms. The molecule has 1 aliphatic rings. The summed E-state index contributed by atoms with van der Waals surface area (Å²) in [7, 11) is -0.648. The fourth-order valence-corrected chi connectivity index (χ4v) is 4.74. The highest BCUT2D eigenvalue weighted by atomic mass is 32.2. The Kier molecular flexibility index (Phi) is 5.55. The zero-order valence-corrected chi connectivity index (χ0v) is 17.5. The number of rotatable bonds is 6. The zero-order chi connectivity index (χ0) is 21.1. The number of ether oxygens (including phenoxy) is 2. The van der Waals surface area contributed by atoms with Gasteiger partial charge in [0.05, 0.1) is 19.1 Å². The largest absolute Gasteiger partial charge is 0.493 e. The van der Waals surface area contributed by atoms with Gasteiger partial charge in [-0.1, -0.05) is 0 Å². The highest BCUT2D eigenvalue weighted by molar-refractivity contribution is 7.89. The van der Waals surface area contributed by atoms with E-state index in [1.165, 1.54) is 30.7 Å². The van der Waals surface area contributed by atoms with Gasteiger partial charge in [0.15, 0.2) is 23.1 Å². The molecule has 0 bridgehead atoms. The van der Waals surface area contributed by atoms with E-state index in [2.05, 4.69) is 15.2 Å². The summed E-state index contributed by atoms with van der Waals surface area (Å²) >= 11 is 0. The summed E-state index contributed by atoms with van der Waals surface area (Å²) in [6, 6.07) is 8.35. The summed E-state index contributed by atoms with van der Waals surface area (Å²) in [4.78, 5) is 6.19. The number of sulfonamides is 1. The Bertz CT molecular complexity index is 1090. The number of piperazine rings is 1. The third-order valence-electron chi connectivity index (χ3n) is 4.96. The first-order valence-electron chi connectivity index (χ1n) is 9.32. The molecular weight excluding hydrogens is 408 g/mol. The molecule has 4 rings (SSSR count). The first-order chi connectivity index (χ1) is 14.5. The highest BCUT2D eigenvalue weighted by Gasteiger charge is 2.29. The van der Waals surface area contributed by atoms with Crippen LogP contribution in [0.3, 0.4) is 0 Å². The summed E-state index contributed by atoms with van der Waals surface area (Å²) in [6.45, 7) is 1.74. The molecule has 1 aromatic carbocycles. The number of imidazole rings is 1. The van der Waals surface area contributed by atoms with Gasteiger partial charge in [-0.3, -0.25) is 4.57 Å². The van der Waals surface area contributed by atoms with Gasteiger partial charge >= 0.3 is 0 Å². The van der Waals surface area contributed by atoms with Crippen molar-refractivity contribution in [2.24, 2.45) is 0 Å². The van der Waals surface area contributed by atoms with Crippen molar-refractivity contribution >= 4 is 15.8 Å². The average Bonchev–Trinajstić information content (AvgIpc) is 3.34. The zero-order valence-electron chi connectivity index (χ0n) is 16.7. The lowest BCUT2D eigenvalue weighted by Crippen LogP contribution is -2.49. The van der Waals surface area contributed by atoms with E-state index in [0.29, 0.717) is 49.3 Å². The van der Waals surface area contributed by atoms with Gasteiger partial charge in [-0.2, -0.15) is 4.31 Å². The van der Waals surface area contributed by atoms with Crippen LogP contribution in [0.1, 0.15) is 0 Å². The maximum atomic E-state index is 13.0. The van der Waals surface area contributed by atoms with Crippen LogP contribution < -0.4 is 14.4 Å². The molecule has 0 radical (unpaired) electrons. The molecule has 0 saturated carbocycles. The van der Waals surface area contributed by atoms with Crippen LogP contribution in [-0.2, 0) is 10.0 Å². The van der Waals surface area contributed by atoms with Crippen molar-refractivity contribution in [2.75, 3.05) is 45.3 Å². The quantitative estimate of drug-likeness (QED) is 0.575. The molecule has 0 aliphatic carbocycles. The Balaban J connectivity index is 1.45. The number of methoxy groups -OCH3 is 2. The average molecular weight is 430 g/mol.